The van der Waals surface area contributed by atoms with Gasteiger partial charge in [0.05, 0.1) is 5.54 Å². The highest BCUT2D eigenvalue weighted by Crippen LogP contribution is 2.38. The normalized spacial score (nSPS) is 31.6. The van der Waals surface area contributed by atoms with Crippen molar-refractivity contribution in [2.24, 2.45) is 5.92 Å². The lowest BCUT2D eigenvalue weighted by Gasteiger charge is -2.35. The monoisotopic (exact) mass is 250 g/mol. The second kappa shape index (κ2) is 4.84. The Kier molecular flexibility index (Phi) is 3.35. The Morgan fingerprint density at radius 1 is 1.33 bits per heavy atom. The molecular formula is C15H26N2O. The number of hydrogen-bond donors (Lipinski definition) is 1. The smallest absolute Gasteiger partial charge is 0.243 e. The molecule has 1 atom stereocenters. The van der Waals surface area contributed by atoms with Gasteiger partial charge in [-0.05, 0) is 57.4 Å². The van der Waals surface area contributed by atoms with Gasteiger partial charge in [0.25, 0.3) is 0 Å². The van der Waals surface area contributed by atoms with E-state index in [1.165, 1.54) is 25.7 Å². The van der Waals surface area contributed by atoms with Crippen molar-refractivity contribution in [3.8, 4) is 0 Å². The zero-order valence-corrected chi connectivity index (χ0v) is 11.6. The number of nitrogens with zero attached hydrogens (tertiary/aromatic N) is 1. The van der Waals surface area contributed by atoms with E-state index < -0.39 is 0 Å². The zero-order valence-electron chi connectivity index (χ0n) is 11.6. The summed E-state index contributed by atoms with van der Waals surface area (Å²) in [6, 6.07) is 0.578. The number of nitrogens with one attached hydrogen (secondary N) is 1. The van der Waals surface area contributed by atoms with Crippen LogP contribution in [-0.4, -0.2) is 35.5 Å². The molecule has 1 aliphatic heterocycles. The molecule has 2 aliphatic carbocycles. The topological polar surface area (TPSA) is 32.3 Å². The highest BCUT2D eigenvalue weighted by Gasteiger charge is 2.47. The summed E-state index contributed by atoms with van der Waals surface area (Å²) in [6.07, 6.45) is 9.47. The third-order valence-corrected chi connectivity index (χ3v) is 4.73. The first kappa shape index (κ1) is 12.5. The van der Waals surface area contributed by atoms with Crippen molar-refractivity contribution in [3.63, 3.8) is 0 Å². The van der Waals surface area contributed by atoms with Crippen LogP contribution in [0.4, 0.5) is 0 Å². The Bertz CT molecular complexity index is 314. The average Bonchev–Trinajstić information content (AvgIpc) is 3.27. The quantitative estimate of drug-likeness (QED) is 0.784. The summed E-state index contributed by atoms with van der Waals surface area (Å²) in [4.78, 5) is 15.2. The zero-order chi connectivity index (χ0) is 12.6. The van der Waals surface area contributed by atoms with E-state index in [0.29, 0.717) is 11.9 Å². The third kappa shape index (κ3) is 2.42. The van der Waals surface area contributed by atoms with E-state index in [1.807, 2.05) is 0 Å². The third-order valence-electron chi connectivity index (χ3n) is 4.73. The van der Waals surface area contributed by atoms with Crippen LogP contribution in [0.3, 0.4) is 0 Å². The van der Waals surface area contributed by atoms with Crippen molar-refractivity contribution >= 4 is 5.91 Å². The molecule has 3 nitrogen and oxygen atoms in total. The second-order valence-electron chi connectivity index (χ2n) is 6.49. The van der Waals surface area contributed by atoms with Crippen molar-refractivity contribution in [2.45, 2.75) is 69.9 Å². The standard InChI is InChI=1S/C15H26N2O/c1-2-8-15(9-3-10-16-15)14(18)17(13-6-7-13)11-12-4-5-12/h12-13,16H,2-11H2,1H3. The average molecular weight is 250 g/mol. The molecule has 1 unspecified atom stereocenters. The number of carbonyl (C=O) groups is 1. The van der Waals surface area contributed by atoms with Gasteiger partial charge in [0, 0.05) is 12.6 Å². The fourth-order valence-corrected chi connectivity index (χ4v) is 3.37. The van der Waals surface area contributed by atoms with Crippen molar-refractivity contribution in [1.29, 1.82) is 0 Å². The van der Waals surface area contributed by atoms with Crippen LogP contribution in [0.5, 0.6) is 0 Å². The van der Waals surface area contributed by atoms with Gasteiger partial charge in [0.2, 0.25) is 5.91 Å². The van der Waals surface area contributed by atoms with Gasteiger partial charge >= 0.3 is 0 Å². The predicted molar refractivity (Wildman–Crippen MR) is 72.3 cm³/mol. The van der Waals surface area contributed by atoms with Crippen molar-refractivity contribution in [1.82, 2.24) is 10.2 Å². The summed E-state index contributed by atoms with van der Waals surface area (Å²) in [5.74, 6) is 1.24. The fourth-order valence-electron chi connectivity index (χ4n) is 3.37. The first-order valence-corrected chi connectivity index (χ1v) is 7.81. The summed E-state index contributed by atoms with van der Waals surface area (Å²) in [5, 5.41) is 3.54. The van der Waals surface area contributed by atoms with Crippen LogP contribution in [-0.2, 0) is 4.79 Å². The minimum atomic E-state index is -0.202. The molecule has 1 saturated heterocycles. The lowest BCUT2D eigenvalue weighted by molar-refractivity contribution is -0.139. The van der Waals surface area contributed by atoms with Crippen LogP contribution in [0.1, 0.15) is 58.3 Å². The molecule has 3 fully saturated rings. The minimum absolute atomic E-state index is 0.202. The van der Waals surface area contributed by atoms with E-state index in [1.54, 1.807) is 0 Å². The molecule has 0 radical (unpaired) electrons. The Morgan fingerprint density at radius 3 is 2.61 bits per heavy atom. The molecule has 3 aliphatic rings. The van der Waals surface area contributed by atoms with Gasteiger partial charge in [0.1, 0.15) is 0 Å². The molecule has 102 valence electrons. The SMILES string of the molecule is CCCC1(C(=O)N(CC2CC2)C2CC2)CCCN1. The molecule has 0 bridgehead atoms. The molecule has 0 spiro atoms. The van der Waals surface area contributed by atoms with E-state index in [9.17, 15) is 4.79 Å². The van der Waals surface area contributed by atoms with Crippen LogP contribution >= 0.6 is 0 Å². The van der Waals surface area contributed by atoms with E-state index in [0.717, 1.165) is 44.7 Å². The van der Waals surface area contributed by atoms with Gasteiger partial charge in [-0.2, -0.15) is 0 Å². The Hall–Kier alpha value is -0.570. The molecule has 2 saturated carbocycles. The van der Waals surface area contributed by atoms with E-state index in [4.69, 9.17) is 0 Å². The molecule has 1 heterocycles. The van der Waals surface area contributed by atoms with E-state index in [2.05, 4.69) is 17.1 Å². The van der Waals surface area contributed by atoms with Gasteiger partial charge in [-0.15, -0.1) is 0 Å². The second-order valence-corrected chi connectivity index (χ2v) is 6.49. The maximum Gasteiger partial charge on any atom is 0.243 e. The number of carbonyl (C=O) groups excluding carboxylic acids is 1. The molecular weight excluding hydrogens is 224 g/mol. The summed E-state index contributed by atoms with van der Waals surface area (Å²) in [7, 11) is 0. The lowest BCUT2D eigenvalue weighted by Crippen LogP contribution is -2.56. The van der Waals surface area contributed by atoms with Crippen LogP contribution < -0.4 is 5.32 Å². The summed E-state index contributed by atoms with van der Waals surface area (Å²) < 4.78 is 0. The largest absolute Gasteiger partial charge is 0.338 e. The first-order chi connectivity index (χ1) is 8.75. The van der Waals surface area contributed by atoms with Crippen molar-refractivity contribution in [2.75, 3.05) is 13.1 Å². The molecule has 0 aromatic carbocycles. The van der Waals surface area contributed by atoms with Gasteiger partial charge < -0.3 is 10.2 Å². The van der Waals surface area contributed by atoms with Crippen LogP contribution in [0.25, 0.3) is 0 Å². The summed E-state index contributed by atoms with van der Waals surface area (Å²) in [6.45, 7) is 4.25. The molecule has 0 aromatic heterocycles. The first-order valence-electron chi connectivity index (χ1n) is 7.81. The maximum atomic E-state index is 13.0. The Labute approximate surface area is 110 Å². The van der Waals surface area contributed by atoms with E-state index >= 15 is 0 Å². The molecule has 3 rings (SSSR count). The molecule has 3 heteroatoms. The molecule has 1 N–H and O–H groups in total. The van der Waals surface area contributed by atoms with Gasteiger partial charge in [-0.1, -0.05) is 13.3 Å². The van der Waals surface area contributed by atoms with Gasteiger partial charge in [-0.25, -0.2) is 0 Å². The van der Waals surface area contributed by atoms with Gasteiger partial charge in [-0.3, -0.25) is 4.79 Å². The summed E-state index contributed by atoms with van der Waals surface area (Å²) >= 11 is 0. The van der Waals surface area contributed by atoms with E-state index in [-0.39, 0.29) is 5.54 Å². The highest BCUT2D eigenvalue weighted by atomic mass is 16.2. The minimum Gasteiger partial charge on any atom is -0.338 e. The van der Waals surface area contributed by atoms with Crippen LogP contribution in [0, 0.1) is 5.92 Å². The summed E-state index contributed by atoms with van der Waals surface area (Å²) in [5.41, 5.74) is -0.202. The predicted octanol–water partition coefficient (Wildman–Crippen LogP) is 2.31. The van der Waals surface area contributed by atoms with Crippen LogP contribution in [0.2, 0.25) is 0 Å². The Balaban J connectivity index is 1.72. The maximum absolute atomic E-state index is 13.0. The van der Waals surface area contributed by atoms with Gasteiger partial charge in [0.15, 0.2) is 0 Å². The van der Waals surface area contributed by atoms with Crippen molar-refractivity contribution < 1.29 is 4.79 Å². The number of hydrogen-bond acceptors (Lipinski definition) is 2. The lowest BCUT2D eigenvalue weighted by atomic mass is 9.90. The number of amides is 1. The Morgan fingerprint density at radius 2 is 2.11 bits per heavy atom. The number of rotatable bonds is 6. The molecule has 1 amide bonds. The highest BCUT2D eigenvalue weighted by molar-refractivity contribution is 5.87. The fraction of sp³-hybridized carbons (Fsp3) is 0.933. The van der Waals surface area contributed by atoms with Crippen molar-refractivity contribution in [3.05, 3.63) is 0 Å². The molecule has 0 aromatic rings. The van der Waals surface area contributed by atoms with Crippen LogP contribution in [0.15, 0.2) is 0 Å². The molecule has 18 heavy (non-hydrogen) atoms.